The van der Waals surface area contributed by atoms with E-state index in [-0.39, 0.29) is 11.9 Å². The van der Waals surface area contributed by atoms with Gasteiger partial charge in [0.1, 0.15) is 6.04 Å². The highest BCUT2D eigenvalue weighted by atomic mass is 32.2. The summed E-state index contributed by atoms with van der Waals surface area (Å²) in [5, 5.41) is 2.99. The summed E-state index contributed by atoms with van der Waals surface area (Å²) in [5.74, 6) is -0.338. The fourth-order valence-corrected chi connectivity index (χ4v) is 3.31. The van der Waals surface area contributed by atoms with Gasteiger partial charge >= 0.3 is 0 Å². The third-order valence-corrected chi connectivity index (χ3v) is 5.43. The SMILES string of the molecule is CC[C@H](NC(=O)[C@@H](c1ccccc1)N(C)S(C)(=O)=O)c1ccccc1. The van der Waals surface area contributed by atoms with Crippen LogP contribution in [0.25, 0.3) is 0 Å². The van der Waals surface area contributed by atoms with Crippen LogP contribution >= 0.6 is 0 Å². The molecule has 2 aromatic rings. The molecular weight excluding hydrogens is 336 g/mol. The molecule has 1 N–H and O–H groups in total. The van der Waals surface area contributed by atoms with Crippen LogP contribution < -0.4 is 5.32 Å². The van der Waals surface area contributed by atoms with Crippen LogP contribution in [0.15, 0.2) is 60.7 Å². The van der Waals surface area contributed by atoms with Crippen LogP contribution in [0.2, 0.25) is 0 Å². The predicted octanol–water partition coefficient (Wildman–Crippen LogP) is 2.89. The molecule has 0 heterocycles. The van der Waals surface area contributed by atoms with Gasteiger partial charge in [0.2, 0.25) is 15.9 Å². The second kappa shape index (κ2) is 8.27. The molecule has 0 radical (unpaired) electrons. The van der Waals surface area contributed by atoms with Gasteiger partial charge in [0, 0.05) is 7.05 Å². The van der Waals surface area contributed by atoms with E-state index in [1.54, 1.807) is 24.3 Å². The van der Waals surface area contributed by atoms with Crippen molar-refractivity contribution in [2.45, 2.75) is 25.4 Å². The maximum atomic E-state index is 13.0. The highest BCUT2D eigenvalue weighted by molar-refractivity contribution is 7.88. The van der Waals surface area contributed by atoms with Gasteiger partial charge in [0.25, 0.3) is 0 Å². The minimum Gasteiger partial charge on any atom is -0.348 e. The first-order valence-corrected chi connectivity index (χ1v) is 10.0. The summed E-state index contributed by atoms with van der Waals surface area (Å²) < 4.78 is 25.1. The maximum absolute atomic E-state index is 13.0. The number of carbonyl (C=O) groups is 1. The lowest BCUT2D eigenvalue weighted by Gasteiger charge is -2.28. The second-order valence-electron chi connectivity index (χ2n) is 5.97. The fraction of sp³-hybridized carbons (Fsp3) is 0.316. The summed E-state index contributed by atoms with van der Waals surface area (Å²) in [7, 11) is -2.10. The van der Waals surface area contributed by atoms with Gasteiger partial charge in [-0.3, -0.25) is 4.79 Å². The number of nitrogens with one attached hydrogen (secondary N) is 1. The molecule has 25 heavy (non-hydrogen) atoms. The minimum atomic E-state index is -3.53. The van der Waals surface area contributed by atoms with Gasteiger partial charge in [0.05, 0.1) is 12.3 Å². The van der Waals surface area contributed by atoms with E-state index in [1.165, 1.54) is 7.05 Å². The first-order chi connectivity index (χ1) is 11.8. The average molecular weight is 360 g/mol. The lowest BCUT2D eigenvalue weighted by molar-refractivity contribution is -0.125. The van der Waals surface area contributed by atoms with Crippen LogP contribution in [0, 0.1) is 0 Å². The minimum absolute atomic E-state index is 0.173. The monoisotopic (exact) mass is 360 g/mol. The Morgan fingerprint density at radius 1 is 1.00 bits per heavy atom. The lowest BCUT2D eigenvalue weighted by atomic mass is 10.0. The van der Waals surface area contributed by atoms with Crippen LogP contribution in [0.4, 0.5) is 0 Å². The van der Waals surface area contributed by atoms with Crippen molar-refractivity contribution < 1.29 is 13.2 Å². The Morgan fingerprint density at radius 3 is 1.92 bits per heavy atom. The average Bonchev–Trinajstić information content (AvgIpc) is 2.60. The number of nitrogens with zero attached hydrogens (tertiary/aromatic N) is 1. The largest absolute Gasteiger partial charge is 0.348 e. The molecular formula is C19H24N2O3S. The van der Waals surface area contributed by atoms with E-state index < -0.39 is 16.1 Å². The zero-order valence-corrected chi connectivity index (χ0v) is 15.5. The summed E-state index contributed by atoms with van der Waals surface area (Å²) in [6.45, 7) is 1.98. The van der Waals surface area contributed by atoms with E-state index >= 15 is 0 Å². The number of benzene rings is 2. The van der Waals surface area contributed by atoms with Gasteiger partial charge in [-0.15, -0.1) is 0 Å². The molecule has 0 aliphatic rings. The second-order valence-corrected chi connectivity index (χ2v) is 8.01. The van der Waals surface area contributed by atoms with E-state index in [4.69, 9.17) is 0 Å². The molecule has 134 valence electrons. The molecule has 0 aromatic heterocycles. The smallest absolute Gasteiger partial charge is 0.243 e. The molecule has 0 spiro atoms. The number of likely N-dealkylation sites (N-methyl/N-ethyl adjacent to an activating group) is 1. The summed E-state index contributed by atoms with van der Waals surface area (Å²) in [6, 6.07) is 17.5. The third kappa shape index (κ3) is 4.90. The molecule has 0 saturated heterocycles. The first-order valence-electron chi connectivity index (χ1n) is 8.18. The number of hydrogen-bond donors (Lipinski definition) is 1. The van der Waals surface area contributed by atoms with Crippen molar-refractivity contribution in [3.8, 4) is 0 Å². The van der Waals surface area contributed by atoms with Gasteiger partial charge in [-0.05, 0) is 17.5 Å². The molecule has 0 aliphatic heterocycles. The third-order valence-electron chi connectivity index (χ3n) is 4.18. The van der Waals surface area contributed by atoms with Gasteiger partial charge in [-0.1, -0.05) is 67.6 Å². The molecule has 6 heteroatoms. The molecule has 2 rings (SSSR count). The van der Waals surface area contributed by atoms with Crippen molar-refractivity contribution >= 4 is 15.9 Å². The van der Waals surface area contributed by atoms with Crippen molar-refractivity contribution in [1.29, 1.82) is 0 Å². The van der Waals surface area contributed by atoms with Crippen LogP contribution in [0.3, 0.4) is 0 Å². The van der Waals surface area contributed by atoms with E-state index in [0.717, 1.165) is 16.1 Å². The lowest BCUT2D eigenvalue weighted by Crippen LogP contribution is -2.42. The first kappa shape index (κ1) is 19.1. The van der Waals surface area contributed by atoms with Crippen LogP contribution in [0.5, 0.6) is 0 Å². The molecule has 0 aliphatic carbocycles. The van der Waals surface area contributed by atoms with Crippen molar-refractivity contribution in [3.63, 3.8) is 0 Å². The Kier molecular flexibility index (Phi) is 6.33. The Morgan fingerprint density at radius 2 is 1.48 bits per heavy atom. The molecule has 0 saturated carbocycles. The number of hydrogen-bond acceptors (Lipinski definition) is 3. The summed E-state index contributed by atoms with van der Waals surface area (Å²) >= 11 is 0. The van der Waals surface area contributed by atoms with Crippen molar-refractivity contribution in [2.24, 2.45) is 0 Å². The van der Waals surface area contributed by atoms with E-state index in [1.807, 2.05) is 43.3 Å². The van der Waals surface area contributed by atoms with Gasteiger partial charge in [-0.25, -0.2) is 8.42 Å². The molecule has 5 nitrogen and oxygen atoms in total. The molecule has 0 bridgehead atoms. The Labute approximate surface area is 149 Å². The van der Waals surface area contributed by atoms with Crippen molar-refractivity contribution in [3.05, 3.63) is 71.8 Å². The van der Waals surface area contributed by atoms with E-state index in [9.17, 15) is 13.2 Å². The summed E-state index contributed by atoms with van der Waals surface area (Å²) in [6.07, 6.45) is 1.81. The normalized spacial score (nSPS) is 14.1. The van der Waals surface area contributed by atoms with E-state index in [0.29, 0.717) is 12.0 Å². The predicted molar refractivity (Wildman–Crippen MR) is 99.4 cm³/mol. The molecule has 1 amide bonds. The number of sulfonamides is 1. The standard InChI is InChI=1S/C19H24N2O3S/c1-4-17(15-11-7-5-8-12-15)20-19(22)18(21(2)25(3,23)24)16-13-9-6-10-14-16/h5-14,17-18H,4H2,1-3H3,(H,20,22)/t17-,18+/m0/s1. The molecule has 0 unspecified atom stereocenters. The van der Waals surface area contributed by atoms with Gasteiger partial charge in [-0.2, -0.15) is 4.31 Å². The quantitative estimate of drug-likeness (QED) is 0.826. The molecule has 2 aromatic carbocycles. The highest BCUT2D eigenvalue weighted by Gasteiger charge is 2.31. The van der Waals surface area contributed by atoms with Crippen molar-refractivity contribution in [1.82, 2.24) is 9.62 Å². The van der Waals surface area contributed by atoms with Gasteiger partial charge in [0.15, 0.2) is 0 Å². The number of amides is 1. The van der Waals surface area contributed by atoms with Crippen LogP contribution in [-0.4, -0.2) is 31.9 Å². The zero-order chi connectivity index (χ0) is 18.4. The Bertz CT molecular complexity index is 792. The molecule has 0 fully saturated rings. The van der Waals surface area contributed by atoms with Crippen LogP contribution in [-0.2, 0) is 14.8 Å². The summed E-state index contributed by atoms with van der Waals surface area (Å²) in [4.78, 5) is 13.0. The maximum Gasteiger partial charge on any atom is 0.243 e. The highest BCUT2D eigenvalue weighted by Crippen LogP contribution is 2.24. The summed E-state index contributed by atoms with van der Waals surface area (Å²) in [5.41, 5.74) is 1.63. The van der Waals surface area contributed by atoms with Gasteiger partial charge < -0.3 is 5.32 Å². The molecule has 2 atom stereocenters. The van der Waals surface area contributed by atoms with E-state index in [2.05, 4.69) is 5.32 Å². The Balaban J connectivity index is 2.32. The fourth-order valence-electron chi connectivity index (χ4n) is 2.71. The van der Waals surface area contributed by atoms with Crippen molar-refractivity contribution in [2.75, 3.05) is 13.3 Å². The topological polar surface area (TPSA) is 66.5 Å². The zero-order valence-electron chi connectivity index (χ0n) is 14.7. The number of rotatable bonds is 7. The Hall–Kier alpha value is -2.18. The van der Waals surface area contributed by atoms with Crippen LogP contribution in [0.1, 0.15) is 36.6 Å². The number of carbonyl (C=O) groups excluding carboxylic acids is 1.